The maximum absolute atomic E-state index is 11.6. The van der Waals surface area contributed by atoms with Gasteiger partial charge in [-0.1, -0.05) is 91.9 Å². The molecule has 0 saturated heterocycles. The van der Waals surface area contributed by atoms with Gasteiger partial charge in [0.1, 0.15) is 30.3 Å². The van der Waals surface area contributed by atoms with Crippen LogP contribution in [0, 0.1) is 0 Å². The van der Waals surface area contributed by atoms with Crippen molar-refractivity contribution in [3.05, 3.63) is 101 Å². The fraction of sp³-hybridized carbons (Fsp3) is 0.290. The van der Waals surface area contributed by atoms with Crippen molar-refractivity contribution in [3.8, 4) is 22.8 Å². The predicted molar refractivity (Wildman–Crippen MR) is 162 cm³/mol. The van der Waals surface area contributed by atoms with Gasteiger partial charge < -0.3 is 19.3 Å². The molecule has 0 aliphatic rings. The van der Waals surface area contributed by atoms with Crippen molar-refractivity contribution in [3.63, 3.8) is 0 Å². The van der Waals surface area contributed by atoms with Crippen LogP contribution in [0.3, 0.4) is 0 Å². The average molecular weight is 581 g/mol. The molecule has 9 heteroatoms. The number of benzene rings is 3. The number of aromatic amines is 1. The van der Waals surface area contributed by atoms with Gasteiger partial charge in [-0.3, -0.25) is 5.10 Å². The molecule has 4 rings (SSSR count). The SMILES string of the molecule is CCOCC[Si](C)(C)C.O=C(O)c1cn[nH]c1-c1cc(Cl)c(OCc2ccccc2)cc1OCc1ccccc1. The van der Waals surface area contributed by atoms with E-state index in [-0.39, 0.29) is 5.56 Å². The van der Waals surface area contributed by atoms with Gasteiger partial charge in [0.25, 0.3) is 0 Å². The van der Waals surface area contributed by atoms with E-state index < -0.39 is 14.0 Å². The molecule has 0 atom stereocenters. The number of halogens is 1. The third kappa shape index (κ3) is 9.86. The zero-order valence-electron chi connectivity index (χ0n) is 23.4. The number of H-pyrrole nitrogens is 1. The Kier molecular flexibility index (Phi) is 11.8. The molecular weight excluding hydrogens is 544 g/mol. The van der Waals surface area contributed by atoms with Gasteiger partial charge in [-0.15, -0.1) is 0 Å². The van der Waals surface area contributed by atoms with Crippen LogP contribution in [-0.2, 0) is 18.0 Å². The molecule has 0 bridgehead atoms. The number of rotatable bonds is 12. The van der Waals surface area contributed by atoms with Crippen molar-refractivity contribution in [1.29, 1.82) is 0 Å². The smallest absolute Gasteiger partial charge is 0.339 e. The Labute approximate surface area is 242 Å². The van der Waals surface area contributed by atoms with Crippen LogP contribution in [0.25, 0.3) is 11.3 Å². The highest BCUT2D eigenvalue weighted by Crippen LogP contribution is 2.40. The fourth-order valence-corrected chi connectivity index (χ4v) is 4.58. The first-order valence-electron chi connectivity index (χ1n) is 13.2. The molecule has 1 heterocycles. The Morgan fingerprint density at radius 3 is 2.02 bits per heavy atom. The van der Waals surface area contributed by atoms with E-state index in [0.717, 1.165) is 24.3 Å². The van der Waals surface area contributed by atoms with Gasteiger partial charge in [0.05, 0.1) is 16.9 Å². The Morgan fingerprint density at radius 1 is 0.925 bits per heavy atom. The molecule has 0 spiro atoms. The number of hydrogen-bond acceptors (Lipinski definition) is 5. The normalized spacial score (nSPS) is 10.9. The topological polar surface area (TPSA) is 93.7 Å². The molecule has 40 heavy (non-hydrogen) atoms. The summed E-state index contributed by atoms with van der Waals surface area (Å²) in [6.45, 7) is 11.6. The first kappa shape index (κ1) is 30.9. The first-order chi connectivity index (χ1) is 19.2. The second-order valence-corrected chi connectivity index (χ2v) is 16.3. The van der Waals surface area contributed by atoms with Crippen LogP contribution in [0.1, 0.15) is 28.4 Å². The second kappa shape index (κ2) is 15.3. The number of aromatic carboxylic acids is 1. The molecule has 0 unspecified atom stereocenters. The molecule has 0 saturated carbocycles. The third-order valence-corrected chi connectivity index (χ3v) is 7.85. The number of carboxylic acid groups (broad SMARTS) is 1. The molecule has 0 aliphatic heterocycles. The highest BCUT2D eigenvalue weighted by Gasteiger charge is 2.20. The van der Waals surface area contributed by atoms with Crippen molar-refractivity contribution in [2.45, 2.75) is 45.8 Å². The summed E-state index contributed by atoms with van der Waals surface area (Å²) in [5, 5.41) is 16.4. The lowest BCUT2D eigenvalue weighted by molar-refractivity contribution is 0.0697. The largest absolute Gasteiger partial charge is 0.488 e. The van der Waals surface area contributed by atoms with E-state index in [4.69, 9.17) is 25.8 Å². The minimum absolute atomic E-state index is 0.0265. The Hall–Kier alpha value is -3.59. The monoisotopic (exact) mass is 580 g/mol. The Morgan fingerprint density at radius 2 is 1.50 bits per heavy atom. The number of carbonyl (C=O) groups is 1. The summed E-state index contributed by atoms with van der Waals surface area (Å²) >= 11 is 6.47. The molecule has 0 aliphatic carbocycles. The van der Waals surface area contributed by atoms with E-state index in [1.807, 2.05) is 67.6 Å². The molecule has 0 fully saturated rings. The van der Waals surface area contributed by atoms with E-state index >= 15 is 0 Å². The Bertz CT molecular complexity index is 1340. The molecule has 4 aromatic rings. The van der Waals surface area contributed by atoms with Crippen LogP contribution < -0.4 is 9.47 Å². The van der Waals surface area contributed by atoms with Crippen molar-refractivity contribution < 1.29 is 24.1 Å². The van der Waals surface area contributed by atoms with E-state index in [9.17, 15) is 9.90 Å². The fourth-order valence-electron chi connectivity index (χ4n) is 3.61. The van der Waals surface area contributed by atoms with Gasteiger partial charge in [-0.2, -0.15) is 5.10 Å². The standard InChI is InChI=1S/C24H19ClN2O4.C7H18OSi/c25-20-11-18(23-19(24(28)29)13-26-27-23)21(30-14-16-7-3-1-4-8-16)12-22(20)31-15-17-9-5-2-6-10-17;1-5-8-6-7-9(2,3)4/h1-13H,14-15H2,(H,26,27)(H,28,29);5-7H2,1-4H3. The van der Waals surface area contributed by atoms with Crippen LogP contribution >= 0.6 is 11.6 Å². The van der Waals surface area contributed by atoms with Crippen LogP contribution in [0.15, 0.2) is 79.0 Å². The Balaban J connectivity index is 0.000000424. The number of carboxylic acids is 1. The zero-order chi connectivity index (χ0) is 29.0. The van der Waals surface area contributed by atoms with Crippen LogP contribution in [-0.4, -0.2) is 42.6 Å². The zero-order valence-corrected chi connectivity index (χ0v) is 25.2. The summed E-state index contributed by atoms with van der Waals surface area (Å²) in [6, 6.07) is 24.0. The third-order valence-electron chi connectivity index (χ3n) is 5.85. The molecule has 2 N–H and O–H groups in total. The minimum Gasteiger partial charge on any atom is -0.488 e. The van der Waals surface area contributed by atoms with Crippen LogP contribution in [0.5, 0.6) is 11.5 Å². The summed E-state index contributed by atoms with van der Waals surface area (Å²) in [4.78, 5) is 11.6. The number of hydrogen-bond donors (Lipinski definition) is 2. The number of nitrogens with one attached hydrogen (secondary N) is 1. The predicted octanol–water partition coefficient (Wildman–Crippen LogP) is 7.95. The van der Waals surface area contributed by atoms with Crippen molar-refractivity contribution in [2.75, 3.05) is 13.2 Å². The van der Waals surface area contributed by atoms with Gasteiger partial charge in [0.2, 0.25) is 0 Å². The number of ether oxygens (including phenoxy) is 3. The maximum Gasteiger partial charge on any atom is 0.339 e. The van der Waals surface area contributed by atoms with Gasteiger partial charge in [-0.25, -0.2) is 4.79 Å². The lowest BCUT2D eigenvalue weighted by Crippen LogP contribution is -2.21. The van der Waals surface area contributed by atoms with Gasteiger partial charge >= 0.3 is 5.97 Å². The number of aromatic nitrogens is 2. The molecular formula is C31H37ClN2O5Si. The van der Waals surface area contributed by atoms with Crippen molar-refractivity contribution in [2.24, 2.45) is 0 Å². The summed E-state index contributed by atoms with van der Waals surface area (Å²) < 4.78 is 17.2. The van der Waals surface area contributed by atoms with E-state index in [0.29, 0.717) is 41.0 Å². The van der Waals surface area contributed by atoms with E-state index in [1.165, 1.54) is 12.2 Å². The van der Waals surface area contributed by atoms with Crippen molar-refractivity contribution in [1.82, 2.24) is 10.2 Å². The minimum atomic E-state index is -1.10. The average Bonchev–Trinajstić information content (AvgIpc) is 3.43. The highest BCUT2D eigenvalue weighted by molar-refractivity contribution is 6.76. The molecule has 3 aromatic carbocycles. The van der Waals surface area contributed by atoms with E-state index in [1.54, 1.807) is 12.1 Å². The summed E-state index contributed by atoms with van der Waals surface area (Å²) in [6.07, 6.45) is 1.26. The van der Waals surface area contributed by atoms with Gasteiger partial charge in [-0.05, 0) is 30.2 Å². The van der Waals surface area contributed by atoms with Crippen LogP contribution in [0.4, 0.5) is 0 Å². The molecule has 212 valence electrons. The lowest BCUT2D eigenvalue weighted by atomic mass is 10.1. The van der Waals surface area contributed by atoms with Crippen LogP contribution in [0.2, 0.25) is 30.7 Å². The molecule has 0 radical (unpaired) electrons. The summed E-state index contributed by atoms with van der Waals surface area (Å²) in [5.41, 5.74) is 2.79. The quantitative estimate of drug-likeness (QED) is 0.130. The summed E-state index contributed by atoms with van der Waals surface area (Å²) in [7, 11) is -0.819. The molecule has 0 amide bonds. The molecule has 7 nitrogen and oxygen atoms in total. The number of nitrogens with zero attached hydrogens (tertiary/aromatic N) is 1. The second-order valence-electron chi connectivity index (χ2n) is 10.3. The van der Waals surface area contributed by atoms with E-state index in [2.05, 4.69) is 29.8 Å². The first-order valence-corrected chi connectivity index (χ1v) is 17.3. The van der Waals surface area contributed by atoms with Gasteiger partial charge in [0, 0.05) is 32.9 Å². The highest BCUT2D eigenvalue weighted by atomic mass is 35.5. The molecule has 1 aromatic heterocycles. The van der Waals surface area contributed by atoms with Crippen molar-refractivity contribution >= 4 is 25.6 Å². The maximum atomic E-state index is 11.6. The van der Waals surface area contributed by atoms with Gasteiger partial charge in [0.15, 0.2) is 0 Å². The summed E-state index contributed by atoms with van der Waals surface area (Å²) in [5.74, 6) is -0.227. The lowest BCUT2D eigenvalue weighted by Gasteiger charge is -2.15.